The summed E-state index contributed by atoms with van der Waals surface area (Å²) >= 11 is 6.22. The van der Waals surface area contributed by atoms with Crippen molar-refractivity contribution in [3.05, 3.63) is 155 Å². The maximum absolute atomic E-state index is 7.23. The lowest BCUT2D eigenvalue weighted by Crippen LogP contribution is -2.34. The number of aromatic nitrogens is 8. The van der Waals surface area contributed by atoms with E-state index in [2.05, 4.69) is 97.1 Å². The minimum atomic E-state index is -1.00. The number of pyridine rings is 2. The molecule has 0 spiro atoms. The zero-order valence-electron chi connectivity index (χ0n) is 42.1. The molecule has 3 saturated heterocycles. The van der Waals surface area contributed by atoms with Gasteiger partial charge in [0.2, 0.25) is 0 Å². The molecule has 1 unspecified atom stereocenters. The minimum Gasteiger partial charge on any atom is -0.384 e. The minimum absolute atomic E-state index is 0.0664. The third-order valence-corrected chi connectivity index (χ3v) is 16.1. The van der Waals surface area contributed by atoms with Gasteiger partial charge >= 0.3 is 0 Å². The quantitative estimate of drug-likeness (QED) is 0.112. The van der Waals surface area contributed by atoms with Crippen LogP contribution in [-0.2, 0) is 49.5 Å². The third kappa shape index (κ3) is 8.72. The van der Waals surface area contributed by atoms with E-state index in [1.54, 1.807) is 12.7 Å². The zero-order valence-corrected chi connectivity index (χ0v) is 42.9. The van der Waals surface area contributed by atoms with Crippen LogP contribution in [0.15, 0.2) is 116 Å². The summed E-state index contributed by atoms with van der Waals surface area (Å²) in [5, 5.41) is 8.39. The van der Waals surface area contributed by atoms with Gasteiger partial charge in [-0.3, -0.25) is 0 Å². The van der Waals surface area contributed by atoms with Crippen LogP contribution in [0.5, 0.6) is 0 Å². The van der Waals surface area contributed by atoms with Gasteiger partial charge in [-0.05, 0) is 156 Å². The van der Waals surface area contributed by atoms with Crippen molar-refractivity contribution < 1.29 is 23.7 Å². The van der Waals surface area contributed by atoms with Gasteiger partial charge in [0.05, 0.1) is 40.7 Å². The van der Waals surface area contributed by atoms with Crippen molar-refractivity contribution in [1.82, 2.24) is 39.0 Å². The first kappa shape index (κ1) is 47.1. The molecule has 9 aromatic rings. The number of hydrogen-bond donors (Lipinski definition) is 2. The Hall–Kier alpha value is -6.59. The summed E-state index contributed by atoms with van der Waals surface area (Å²) in [6.07, 6.45) is 10.3. The summed E-state index contributed by atoms with van der Waals surface area (Å²) in [6.45, 7) is 10.8. The van der Waals surface area contributed by atoms with E-state index in [0.29, 0.717) is 30.2 Å². The van der Waals surface area contributed by atoms with Crippen molar-refractivity contribution in [2.24, 2.45) is 5.92 Å². The lowest BCUT2D eigenvalue weighted by Gasteiger charge is -2.29. The van der Waals surface area contributed by atoms with E-state index in [4.69, 9.17) is 56.0 Å². The molecule has 74 heavy (non-hydrogen) atoms. The largest absolute Gasteiger partial charge is 0.384 e. The number of nitrogens with zero attached hydrogens (tertiary/aromatic N) is 8. The lowest BCUT2D eigenvalue weighted by atomic mass is 9.92. The predicted octanol–water partition coefficient (Wildman–Crippen LogP) is 10.7. The Morgan fingerprint density at radius 3 is 2.15 bits per heavy atom. The lowest BCUT2D eigenvalue weighted by molar-refractivity contribution is -0.206. The van der Waals surface area contributed by atoms with Gasteiger partial charge in [0, 0.05) is 51.9 Å². The number of nitrogens with one attached hydrogen (secondary N) is 1. The van der Waals surface area contributed by atoms with Gasteiger partial charge in [-0.1, -0.05) is 41.9 Å². The van der Waals surface area contributed by atoms with Gasteiger partial charge in [-0.15, -0.1) is 0 Å². The normalized spacial score (nSPS) is 26.2. The molecule has 378 valence electrons. The number of anilines is 2. The highest BCUT2D eigenvalue weighted by Crippen LogP contribution is 2.50. The average Bonchev–Trinajstić information content (AvgIpc) is 4.24. The topological polar surface area (TPSA) is 171 Å². The summed E-state index contributed by atoms with van der Waals surface area (Å²) in [5.74, 6) is -0.173. The highest BCUT2D eigenvalue weighted by Gasteiger charge is 2.58. The van der Waals surface area contributed by atoms with E-state index in [0.717, 1.165) is 103 Å². The maximum atomic E-state index is 7.23. The zero-order chi connectivity index (χ0) is 50.5. The third-order valence-electron chi connectivity index (χ3n) is 15.8. The average molecular weight is 1010 g/mol. The molecule has 3 N–H and O–H groups in total. The second-order valence-electron chi connectivity index (χ2n) is 21.3. The summed E-state index contributed by atoms with van der Waals surface area (Å²) in [4.78, 5) is 28.2. The highest BCUT2D eigenvalue weighted by molar-refractivity contribution is 6.30. The molecule has 13 rings (SSSR count). The number of hydrogen-bond acceptors (Lipinski definition) is 13. The molecule has 4 fully saturated rings. The summed E-state index contributed by atoms with van der Waals surface area (Å²) in [6, 6.07) is 31.1. The summed E-state index contributed by atoms with van der Waals surface area (Å²) in [5.41, 5.74) is 16.0. The Bertz CT molecular complexity index is 3600. The van der Waals surface area contributed by atoms with Gasteiger partial charge in [0.25, 0.3) is 0 Å². The number of nitrogens with two attached hydrogens (primary N) is 1. The molecule has 1 aliphatic carbocycles. The van der Waals surface area contributed by atoms with Crippen LogP contribution in [0.2, 0.25) is 5.02 Å². The number of benzene rings is 3. The van der Waals surface area contributed by atoms with Crippen LogP contribution >= 0.6 is 11.6 Å². The Morgan fingerprint density at radius 2 is 1.35 bits per heavy atom. The van der Waals surface area contributed by atoms with E-state index >= 15 is 0 Å². The number of ether oxygens (including phenoxy) is 5. The van der Waals surface area contributed by atoms with Crippen molar-refractivity contribution in [2.75, 3.05) is 11.1 Å². The Morgan fingerprint density at radius 1 is 0.662 bits per heavy atom. The van der Waals surface area contributed by atoms with Crippen LogP contribution in [-0.4, -0.2) is 81.1 Å². The number of fused-ring (bicyclic) bond motifs is 6. The molecule has 0 radical (unpaired) electrons. The number of aryl methyl sites for hydroxylation is 4. The fourth-order valence-electron chi connectivity index (χ4n) is 12.3. The SMILES string of the molecule is Cc1ncnc2c1ccn2[C@@H]1C[C@H](CCc2cc(CC3(C)O[C@@H]4[C@H](O3)[C@@H](CCc3ccc5ccc(N)nc5c3)O[C@H]4n3ccc4c(C)ncnc43)c3ccc(NCc4ccc(Cl)cc4)nc3c2)[C@H]2OC(C)(C)O[C@H]21. The van der Waals surface area contributed by atoms with Crippen molar-refractivity contribution in [3.63, 3.8) is 0 Å². The number of halogens is 1. The smallest absolute Gasteiger partial charge is 0.170 e. The van der Waals surface area contributed by atoms with Crippen LogP contribution in [0.4, 0.5) is 11.6 Å². The number of nitrogen functional groups attached to an aromatic ring is 1. The van der Waals surface area contributed by atoms with E-state index in [-0.39, 0.29) is 36.4 Å². The molecule has 9 atom stereocenters. The van der Waals surface area contributed by atoms with Gasteiger partial charge in [0.1, 0.15) is 53.9 Å². The van der Waals surface area contributed by atoms with Gasteiger partial charge in [-0.25, -0.2) is 29.9 Å². The molecule has 3 aliphatic heterocycles. The molecule has 3 aromatic carbocycles. The Kier molecular flexibility index (Phi) is 11.7. The van der Waals surface area contributed by atoms with E-state index in [1.165, 1.54) is 5.56 Å². The van der Waals surface area contributed by atoms with Crippen LogP contribution in [0, 0.1) is 19.8 Å². The van der Waals surface area contributed by atoms with Gasteiger partial charge in [-0.2, -0.15) is 0 Å². The molecular formula is C58H59ClN10O5. The maximum Gasteiger partial charge on any atom is 0.170 e. The fraction of sp³-hybridized carbons (Fsp3) is 0.379. The molecular weight excluding hydrogens is 952 g/mol. The standard InChI is InChI=1S/C58H59ClN10O5/c1-32-41-20-22-68(54(41)64-30-62-32)46-27-38(50-51(46)72-57(3,4)71-50)12-7-36-24-39(43-16-19-49(67-45(43)26-36)61-29-35-8-14-40(59)15-9-35)28-58(5)73-52-47(17-10-34-6-11-37-13-18-48(60)66-44(37)25-34)70-56(53(52)74-58)69-23-21-42-33(2)63-31-65-55(42)69/h6,8-9,11,13-16,18-26,30-31,38,46-47,50-53,56H,7,10,12,17,27-29H2,1-5H3,(H2,60,66)(H,61,67)/t38-,46+,47+,50+,51-,52+,53+,56+,58?/m0/s1. The first-order valence-electron chi connectivity index (χ1n) is 25.8. The van der Waals surface area contributed by atoms with Crippen molar-refractivity contribution in [3.8, 4) is 0 Å². The molecule has 4 aliphatic rings. The molecule has 1 saturated carbocycles. The van der Waals surface area contributed by atoms with E-state index < -0.39 is 23.9 Å². The Balaban J connectivity index is 0.811. The van der Waals surface area contributed by atoms with Crippen LogP contribution < -0.4 is 11.1 Å². The second-order valence-corrected chi connectivity index (χ2v) is 21.8. The fourth-order valence-corrected chi connectivity index (χ4v) is 12.4. The highest BCUT2D eigenvalue weighted by atomic mass is 35.5. The summed E-state index contributed by atoms with van der Waals surface area (Å²) in [7, 11) is 0. The molecule has 0 bridgehead atoms. The Labute approximate surface area is 433 Å². The monoisotopic (exact) mass is 1010 g/mol. The van der Waals surface area contributed by atoms with Crippen molar-refractivity contribution in [1.29, 1.82) is 0 Å². The van der Waals surface area contributed by atoms with Crippen LogP contribution in [0.1, 0.15) is 85.9 Å². The van der Waals surface area contributed by atoms with E-state index in [9.17, 15) is 0 Å². The van der Waals surface area contributed by atoms with Gasteiger partial charge in [0.15, 0.2) is 17.8 Å². The molecule has 16 heteroatoms. The predicted molar refractivity (Wildman–Crippen MR) is 285 cm³/mol. The first-order valence-corrected chi connectivity index (χ1v) is 26.2. The molecule has 0 amide bonds. The van der Waals surface area contributed by atoms with E-state index in [1.807, 2.05) is 70.3 Å². The van der Waals surface area contributed by atoms with Crippen molar-refractivity contribution >= 4 is 67.1 Å². The second kappa shape index (κ2) is 18.4. The van der Waals surface area contributed by atoms with Crippen LogP contribution in [0.25, 0.3) is 43.9 Å². The molecule has 15 nitrogen and oxygen atoms in total. The molecule has 6 aromatic heterocycles. The van der Waals surface area contributed by atoms with Crippen molar-refractivity contribution in [2.45, 2.75) is 134 Å². The number of rotatable bonds is 13. The van der Waals surface area contributed by atoms with Crippen LogP contribution in [0.3, 0.4) is 0 Å². The first-order chi connectivity index (χ1) is 35.8. The molecule has 9 heterocycles. The van der Waals surface area contributed by atoms with Gasteiger partial charge < -0.3 is 43.9 Å². The summed E-state index contributed by atoms with van der Waals surface area (Å²) < 4.78 is 39.3.